The van der Waals surface area contributed by atoms with E-state index in [1.807, 2.05) is 18.3 Å². The number of carbonyl (C=O) groups is 1. The van der Waals surface area contributed by atoms with Crippen LogP contribution in [0.25, 0.3) is 11.4 Å². The number of carboxylic acid groups (broad SMARTS) is 1. The Morgan fingerprint density at radius 1 is 1.24 bits per heavy atom. The lowest BCUT2D eigenvalue weighted by Gasteiger charge is -2.43. The monoisotopic (exact) mass is 342 g/mol. The van der Waals surface area contributed by atoms with Gasteiger partial charge in [0.1, 0.15) is 5.82 Å². The molecule has 1 aromatic carbocycles. The van der Waals surface area contributed by atoms with Crippen molar-refractivity contribution < 1.29 is 19.4 Å². The maximum atomic E-state index is 11.6. The summed E-state index contributed by atoms with van der Waals surface area (Å²) in [5.41, 5.74) is 0.824. The van der Waals surface area contributed by atoms with Crippen LogP contribution in [-0.2, 0) is 9.47 Å². The minimum atomic E-state index is -0.932. The van der Waals surface area contributed by atoms with Gasteiger partial charge in [0.25, 0.3) is 0 Å². The van der Waals surface area contributed by atoms with Crippen LogP contribution in [0.5, 0.6) is 0 Å². The van der Waals surface area contributed by atoms with Crippen LogP contribution in [0.15, 0.2) is 36.7 Å². The van der Waals surface area contributed by atoms with E-state index in [1.54, 1.807) is 18.3 Å². The van der Waals surface area contributed by atoms with Gasteiger partial charge >= 0.3 is 5.97 Å². The number of rotatable bonds is 3. The van der Waals surface area contributed by atoms with Gasteiger partial charge in [0.2, 0.25) is 0 Å². The number of imidazole rings is 1. The Morgan fingerprint density at radius 2 is 2.04 bits per heavy atom. The number of nitrogens with zero attached hydrogens (tertiary/aromatic N) is 2. The van der Waals surface area contributed by atoms with Crippen molar-refractivity contribution in [1.29, 1.82) is 0 Å². The Kier molecular flexibility index (Phi) is 4.31. The Hall–Kier alpha value is -2.18. The van der Waals surface area contributed by atoms with Gasteiger partial charge in [0, 0.05) is 43.8 Å². The third kappa shape index (κ3) is 3.07. The minimum absolute atomic E-state index is 0.116. The van der Waals surface area contributed by atoms with E-state index in [0.29, 0.717) is 18.0 Å². The van der Waals surface area contributed by atoms with Gasteiger partial charge in [-0.25, -0.2) is 9.78 Å². The molecule has 2 fully saturated rings. The molecule has 1 aromatic heterocycles. The largest absolute Gasteiger partial charge is 0.478 e. The van der Waals surface area contributed by atoms with Crippen molar-refractivity contribution in [2.75, 3.05) is 19.8 Å². The molecular formula is C19H22N2O4. The molecule has 2 saturated heterocycles. The van der Waals surface area contributed by atoms with E-state index in [0.717, 1.165) is 38.9 Å². The van der Waals surface area contributed by atoms with Crippen LogP contribution in [0, 0.1) is 0 Å². The summed E-state index contributed by atoms with van der Waals surface area (Å²) in [5.74, 6) is -0.217. The molecule has 2 aliphatic rings. The summed E-state index contributed by atoms with van der Waals surface area (Å²) < 4.78 is 13.8. The molecule has 2 aromatic rings. The molecule has 6 heteroatoms. The number of benzene rings is 1. The Morgan fingerprint density at radius 3 is 2.84 bits per heavy atom. The van der Waals surface area contributed by atoms with E-state index in [9.17, 15) is 9.90 Å². The topological polar surface area (TPSA) is 73.6 Å². The van der Waals surface area contributed by atoms with Gasteiger partial charge in [-0.3, -0.25) is 0 Å². The zero-order valence-electron chi connectivity index (χ0n) is 14.1. The number of ether oxygens (including phenoxy) is 2. The second-order valence-electron chi connectivity index (χ2n) is 6.80. The van der Waals surface area contributed by atoms with E-state index in [4.69, 9.17) is 9.47 Å². The van der Waals surface area contributed by atoms with Crippen molar-refractivity contribution in [1.82, 2.24) is 9.55 Å². The van der Waals surface area contributed by atoms with Gasteiger partial charge in [-0.1, -0.05) is 18.2 Å². The van der Waals surface area contributed by atoms with E-state index in [1.165, 1.54) is 0 Å². The van der Waals surface area contributed by atoms with Crippen molar-refractivity contribution in [3.8, 4) is 11.4 Å². The van der Waals surface area contributed by atoms with Crippen LogP contribution in [0.1, 0.15) is 42.1 Å². The molecule has 0 radical (unpaired) electrons. The van der Waals surface area contributed by atoms with Crippen molar-refractivity contribution in [2.24, 2.45) is 0 Å². The predicted octanol–water partition coefficient (Wildman–Crippen LogP) is 3.15. The second-order valence-corrected chi connectivity index (χ2v) is 6.80. The van der Waals surface area contributed by atoms with Gasteiger partial charge in [-0.05, 0) is 31.7 Å². The first kappa shape index (κ1) is 16.3. The summed E-state index contributed by atoms with van der Waals surface area (Å²) in [6.45, 7) is 2.19. The molecule has 1 N–H and O–H groups in total. The molecule has 1 atom stereocenters. The third-order valence-corrected chi connectivity index (χ3v) is 5.33. The van der Waals surface area contributed by atoms with Crippen LogP contribution < -0.4 is 0 Å². The highest BCUT2D eigenvalue weighted by atomic mass is 16.5. The molecule has 4 rings (SSSR count). The normalized spacial score (nSPS) is 22.8. The zero-order valence-corrected chi connectivity index (χ0v) is 14.1. The maximum Gasteiger partial charge on any atom is 0.336 e. The number of aromatic carboxylic acids is 1. The van der Waals surface area contributed by atoms with Gasteiger partial charge < -0.3 is 19.1 Å². The van der Waals surface area contributed by atoms with Crippen LogP contribution in [0.3, 0.4) is 0 Å². The van der Waals surface area contributed by atoms with Gasteiger partial charge in [-0.15, -0.1) is 0 Å². The molecule has 1 spiro atoms. The van der Waals surface area contributed by atoms with E-state index >= 15 is 0 Å². The van der Waals surface area contributed by atoms with E-state index < -0.39 is 5.97 Å². The molecule has 0 bridgehead atoms. The van der Waals surface area contributed by atoms with Gasteiger partial charge in [-0.2, -0.15) is 0 Å². The molecular weight excluding hydrogens is 320 g/mol. The summed E-state index contributed by atoms with van der Waals surface area (Å²) in [6, 6.07) is 7.30. The van der Waals surface area contributed by atoms with E-state index in [-0.39, 0.29) is 17.2 Å². The summed E-state index contributed by atoms with van der Waals surface area (Å²) in [6.07, 6.45) is 7.35. The first-order valence-electron chi connectivity index (χ1n) is 8.76. The molecule has 132 valence electrons. The fraction of sp³-hybridized carbons (Fsp3) is 0.474. The number of hydrogen-bond donors (Lipinski definition) is 1. The van der Waals surface area contributed by atoms with Gasteiger partial charge in [0.15, 0.2) is 0 Å². The molecule has 3 heterocycles. The molecule has 25 heavy (non-hydrogen) atoms. The lowest BCUT2D eigenvalue weighted by molar-refractivity contribution is -0.144. The zero-order chi connectivity index (χ0) is 17.3. The highest BCUT2D eigenvalue weighted by molar-refractivity contribution is 5.95. The van der Waals surface area contributed by atoms with Crippen LogP contribution >= 0.6 is 0 Å². The standard InChI is InChI=1S/C19H22N2O4/c22-18(23)16-4-2-1-3-15(16)17-20-8-9-21(17)14-5-10-25-19(13-14)6-11-24-12-7-19/h1-4,8-9,14H,5-7,10-13H2,(H,22,23). The van der Waals surface area contributed by atoms with Crippen LogP contribution in [-0.4, -0.2) is 46.0 Å². The van der Waals surface area contributed by atoms with E-state index in [2.05, 4.69) is 9.55 Å². The summed E-state index contributed by atoms with van der Waals surface area (Å²) in [4.78, 5) is 16.0. The predicted molar refractivity (Wildman–Crippen MR) is 91.6 cm³/mol. The van der Waals surface area contributed by atoms with Gasteiger partial charge in [0.05, 0.1) is 11.2 Å². The Balaban J connectivity index is 1.67. The first-order valence-corrected chi connectivity index (χ1v) is 8.76. The Bertz CT molecular complexity index is 759. The number of aromatic nitrogens is 2. The number of hydrogen-bond acceptors (Lipinski definition) is 4. The Labute approximate surface area is 146 Å². The molecule has 0 amide bonds. The fourth-order valence-electron chi connectivity index (χ4n) is 4.01. The highest BCUT2D eigenvalue weighted by Crippen LogP contribution is 2.40. The average molecular weight is 342 g/mol. The molecule has 1 unspecified atom stereocenters. The molecule has 0 saturated carbocycles. The lowest BCUT2D eigenvalue weighted by atomic mass is 9.84. The third-order valence-electron chi connectivity index (χ3n) is 5.33. The van der Waals surface area contributed by atoms with Crippen molar-refractivity contribution in [2.45, 2.75) is 37.3 Å². The fourth-order valence-corrected chi connectivity index (χ4v) is 4.01. The minimum Gasteiger partial charge on any atom is -0.478 e. The SMILES string of the molecule is O=C(O)c1ccccc1-c1nccn1C1CCOC2(CCOCC2)C1. The highest BCUT2D eigenvalue weighted by Gasteiger charge is 2.40. The smallest absolute Gasteiger partial charge is 0.336 e. The second kappa shape index (κ2) is 6.61. The van der Waals surface area contributed by atoms with Crippen molar-refractivity contribution >= 4 is 5.97 Å². The number of carboxylic acids is 1. The van der Waals surface area contributed by atoms with Crippen molar-refractivity contribution in [3.63, 3.8) is 0 Å². The summed E-state index contributed by atoms with van der Waals surface area (Å²) in [5, 5.41) is 9.49. The summed E-state index contributed by atoms with van der Waals surface area (Å²) >= 11 is 0. The molecule has 6 nitrogen and oxygen atoms in total. The first-order chi connectivity index (χ1) is 12.2. The van der Waals surface area contributed by atoms with Crippen LogP contribution in [0.4, 0.5) is 0 Å². The molecule has 0 aliphatic carbocycles. The average Bonchev–Trinajstić information content (AvgIpc) is 3.12. The van der Waals surface area contributed by atoms with Crippen LogP contribution in [0.2, 0.25) is 0 Å². The van der Waals surface area contributed by atoms with Crippen molar-refractivity contribution in [3.05, 3.63) is 42.2 Å². The molecule has 2 aliphatic heterocycles. The quantitative estimate of drug-likeness (QED) is 0.927. The summed E-state index contributed by atoms with van der Waals surface area (Å²) in [7, 11) is 0. The lowest BCUT2D eigenvalue weighted by Crippen LogP contribution is -2.44. The maximum absolute atomic E-state index is 11.6.